The molecule has 0 spiro atoms. The molecule has 1 aliphatic heterocycles. The molecule has 4 nitrogen and oxygen atoms in total. The Hall–Kier alpha value is -2.23. The van der Waals surface area contributed by atoms with Gasteiger partial charge in [0.15, 0.2) is 11.5 Å². The number of hydrogen-bond acceptors (Lipinski definition) is 4. The number of carbonyl (C=O) groups excluding carboxylic acids is 1. The van der Waals surface area contributed by atoms with Crippen LogP contribution in [0, 0.1) is 23.7 Å². The third-order valence-corrected chi connectivity index (χ3v) is 5.05. The Morgan fingerprint density at radius 3 is 2.82 bits per heavy atom. The molecule has 2 aliphatic carbocycles. The van der Waals surface area contributed by atoms with Crippen LogP contribution in [-0.4, -0.2) is 26.8 Å². The second kappa shape index (κ2) is 4.90. The maximum absolute atomic E-state index is 12.2. The first-order valence-corrected chi connectivity index (χ1v) is 7.52. The van der Waals surface area contributed by atoms with Gasteiger partial charge in [0.2, 0.25) is 0 Å². The Bertz CT molecular complexity index is 688. The molecule has 0 amide bonds. The van der Waals surface area contributed by atoms with Crippen molar-refractivity contribution in [3.8, 4) is 11.5 Å². The van der Waals surface area contributed by atoms with Crippen LogP contribution in [0.3, 0.4) is 0 Å². The maximum atomic E-state index is 12.2. The summed E-state index contributed by atoms with van der Waals surface area (Å²) in [6.07, 6.45) is 6.50. The van der Waals surface area contributed by atoms with Crippen molar-refractivity contribution in [1.29, 1.82) is 0 Å². The van der Waals surface area contributed by atoms with Crippen molar-refractivity contribution in [2.24, 2.45) is 23.7 Å². The van der Waals surface area contributed by atoms with Gasteiger partial charge in [-0.3, -0.25) is 4.79 Å². The third kappa shape index (κ3) is 1.73. The molecule has 4 heteroatoms. The molecular weight excluding hydrogens is 280 g/mol. The fourth-order valence-corrected chi connectivity index (χ4v) is 4.07. The largest absolute Gasteiger partial charge is 0.493 e. The molecule has 114 valence electrons. The van der Waals surface area contributed by atoms with Crippen LogP contribution in [0.1, 0.15) is 5.56 Å². The van der Waals surface area contributed by atoms with Crippen LogP contribution in [-0.2, 0) is 9.53 Å². The van der Waals surface area contributed by atoms with Crippen LogP contribution in [0.5, 0.6) is 11.5 Å². The van der Waals surface area contributed by atoms with Gasteiger partial charge in [-0.2, -0.15) is 0 Å². The van der Waals surface area contributed by atoms with Gasteiger partial charge in [0.25, 0.3) is 0 Å². The highest BCUT2D eigenvalue weighted by Crippen LogP contribution is 2.54. The zero-order valence-corrected chi connectivity index (χ0v) is 12.6. The molecule has 1 aromatic rings. The highest BCUT2D eigenvalue weighted by Gasteiger charge is 2.52. The minimum absolute atomic E-state index is 0.128. The molecule has 1 aromatic carbocycles. The summed E-state index contributed by atoms with van der Waals surface area (Å²) in [5.74, 6) is 1.73. The quantitative estimate of drug-likeness (QED) is 0.622. The molecule has 3 aliphatic rings. The van der Waals surface area contributed by atoms with E-state index in [0.29, 0.717) is 6.61 Å². The summed E-state index contributed by atoms with van der Waals surface area (Å²) >= 11 is 0. The third-order valence-electron chi connectivity index (χ3n) is 5.05. The molecule has 4 atom stereocenters. The Kier molecular flexibility index (Phi) is 2.99. The molecule has 1 heterocycles. The van der Waals surface area contributed by atoms with Gasteiger partial charge in [0, 0.05) is 23.3 Å². The van der Waals surface area contributed by atoms with Gasteiger partial charge in [0.05, 0.1) is 26.7 Å². The zero-order valence-electron chi connectivity index (χ0n) is 12.6. The number of methoxy groups -OCH3 is 2. The van der Waals surface area contributed by atoms with Crippen LogP contribution in [0.25, 0.3) is 6.08 Å². The van der Waals surface area contributed by atoms with Crippen LogP contribution >= 0.6 is 0 Å². The molecule has 0 aromatic heterocycles. The number of para-hydroxylation sites is 1. The number of allylic oxidation sites excluding steroid dienone is 3. The fraction of sp³-hybridized carbons (Fsp3) is 0.389. The van der Waals surface area contributed by atoms with Gasteiger partial charge in [-0.1, -0.05) is 35.9 Å². The van der Waals surface area contributed by atoms with Crippen molar-refractivity contribution in [2.45, 2.75) is 0 Å². The van der Waals surface area contributed by atoms with Gasteiger partial charge in [-0.25, -0.2) is 0 Å². The Balaban J connectivity index is 1.82. The molecule has 4 rings (SSSR count). The van der Waals surface area contributed by atoms with Gasteiger partial charge in [0.1, 0.15) is 0 Å². The van der Waals surface area contributed by atoms with Gasteiger partial charge >= 0.3 is 5.97 Å². The number of rotatable bonds is 2. The standard InChI is InChI=1S/C18H18O4/c1-20-15-5-3-4-10-8-13-11-6-7-12(13)16(18(19)21-2)14(11)9-22-17(10)15/h3-8,11-12,14,16H,9H2,1-2H3/b13-8-. The van der Waals surface area contributed by atoms with E-state index >= 15 is 0 Å². The van der Waals surface area contributed by atoms with E-state index < -0.39 is 0 Å². The number of hydrogen-bond donors (Lipinski definition) is 0. The van der Waals surface area contributed by atoms with E-state index in [1.165, 1.54) is 12.7 Å². The van der Waals surface area contributed by atoms with Crippen molar-refractivity contribution >= 4 is 12.0 Å². The molecule has 0 N–H and O–H groups in total. The second-order valence-electron chi connectivity index (χ2n) is 5.98. The smallest absolute Gasteiger partial charge is 0.310 e. The molecule has 22 heavy (non-hydrogen) atoms. The van der Waals surface area contributed by atoms with Crippen molar-refractivity contribution in [1.82, 2.24) is 0 Å². The lowest BCUT2D eigenvalue weighted by Crippen LogP contribution is -2.32. The first-order valence-electron chi connectivity index (χ1n) is 7.52. The average molecular weight is 298 g/mol. The normalized spacial score (nSPS) is 33.1. The highest BCUT2D eigenvalue weighted by atomic mass is 16.5. The van der Waals surface area contributed by atoms with E-state index in [4.69, 9.17) is 14.2 Å². The molecular formula is C18H18O4. The summed E-state index contributed by atoms with van der Waals surface area (Å²) in [5, 5.41) is 0. The number of ether oxygens (including phenoxy) is 3. The summed E-state index contributed by atoms with van der Waals surface area (Å²) in [7, 11) is 3.10. The summed E-state index contributed by atoms with van der Waals surface area (Å²) in [6.45, 7) is 0.496. The SMILES string of the molecule is COC(=O)C1C2C=CC3/C2=C/c2cccc(OC)c2OCC31. The molecule has 0 saturated heterocycles. The molecule has 4 bridgehead atoms. The first-order chi connectivity index (χ1) is 10.7. The zero-order chi connectivity index (χ0) is 15.3. The Morgan fingerprint density at radius 2 is 2.05 bits per heavy atom. The summed E-state index contributed by atoms with van der Waals surface area (Å²) in [5.41, 5.74) is 2.30. The average Bonchev–Trinajstić information content (AvgIpc) is 3.06. The monoisotopic (exact) mass is 298 g/mol. The summed E-state index contributed by atoms with van der Waals surface area (Å²) in [4.78, 5) is 12.2. The highest BCUT2D eigenvalue weighted by molar-refractivity contribution is 5.78. The van der Waals surface area contributed by atoms with E-state index in [9.17, 15) is 4.79 Å². The van der Waals surface area contributed by atoms with E-state index in [2.05, 4.69) is 18.2 Å². The lowest BCUT2D eigenvalue weighted by atomic mass is 9.83. The number of esters is 1. The van der Waals surface area contributed by atoms with E-state index in [0.717, 1.165) is 17.1 Å². The van der Waals surface area contributed by atoms with Crippen LogP contribution in [0.4, 0.5) is 0 Å². The van der Waals surface area contributed by atoms with Crippen LogP contribution < -0.4 is 9.47 Å². The van der Waals surface area contributed by atoms with Gasteiger partial charge < -0.3 is 14.2 Å². The number of carbonyl (C=O) groups is 1. The molecule has 1 fully saturated rings. The van der Waals surface area contributed by atoms with Gasteiger partial charge in [-0.15, -0.1) is 0 Å². The number of fused-ring (bicyclic) bond motifs is 1. The summed E-state index contributed by atoms with van der Waals surface area (Å²) in [6, 6.07) is 5.88. The molecule has 0 radical (unpaired) electrons. The summed E-state index contributed by atoms with van der Waals surface area (Å²) < 4.78 is 16.5. The van der Waals surface area contributed by atoms with Crippen LogP contribution in [0.15, 0.2) is 35.9 Å². The van der Waals surface area contributed by atoms with E-state index in [1.54, 1.807) is 7.11 Å². The predicted molar refractivity (Wildman–Crippen MR) is 81.6 cm³/mol. The topological polar surface area (TPSA) is 44.8 Å². The van der Waals surface area contributed by atoms with Crippen molar-refractivity contribution in [2.75, 3.05) is 20.8 Å². The second-order valence-corrected chi connectivity index (χ2v) is 5.98. The van der Waals surface area contributed by atoms with Crippen molar-refractivity contribution in [3.63, 3.8) is 0 Å². The fourth-order valence-electron chi connectivity index (χ4n) is 4.07. The Labute approximate surface area is 129 Å². The lowest BCUT2D eigenvalue weighted by molar-refractivity contribution is -0.148. The number of benzene rings is 1. The molecule has 1 saturated carbocycles. The lowest BCUT2D eigenvalue weighted by Gasteiger charge is -2.26. The Morgan fingerprint density at radius 1 is 1.23 bits per heavy atom. The minimum atomic E-state index is -0.147. The van der Waals surface area contributed by atoms with E-state index in [-0.39, 0.29) is 29.6 Å². The minimum Gasteiger partial charge on any atom is -0.493 e. The van der Waals surface area contributed by atoms with Crippen molar-refractivity contribution < 1.29 is 19.0 Å². The van der Waals surface area contributed by atoms with Crippen molar-refractivity contribution in [3.05, 3.63) is 41.5 Å². The maximum Gasteiger partial charge on any atom is 0.310 e. The van der Waals surface area contributed by atoms with Gasteiger partial charge in [-0.05, 0) is 6.07 Å². The predicted octanol–water partition coefficient (Wildman–Crippen LogP) is 2.69. The van der Waals surface area contributed by atoms with Crippen LogP contribution in [0.2, 0.25) is 0 Å². The van der Waals surface area contributed by atoms with E-state index in [1.807, 2.05) is 18.2 Å². The first kappa shape index (κ1) is 13.4. The molecule has 4 unspecified atom stereocenters.